The Hall–Kier alpha value is -2.43. The van der Waals surface area contributed by atoms with E-state index in [9.17, 15) is 0 Å². The quantitative estimate of drug-likeness (QED) is 0.723. The van der Waals surface area contributed by atoms with Crippen LogP contribution in [-0.4, -0.2) is 26.4 Å². The van der Waals surface area contributed by atoms with Crippen molar-refractivity contribution in [2.45, 2.75) is 0 Å². The van der Waals surface area contributed by atoms with E-state index in [0.717, 1.165) is 22.7 Å². The van der Waals surface area contributed by atoms with Gasteiger partial charge in [-0.15, -0.1) is 0 Å². The lowest BCUT2D eigenvalue weighted by Gasteiger charge is -2.06. The van der Waals surface area contributed by atoms with Gasteiger partial charge in [0.2, 0.25) is 0 Å². The van der Waals surface area contributed by atoms with Crippen LogP contribution >= 0.6 is 0 Å². The van der Waals surface area contributed by atoms with Crippen molar-refractivity contribution in [3.05, 3.63) is 43.1 Å². The molecule has 0 aliphatic rings. The minimum absolute atomic E-state index is 0.761. The third-order valence-electron chi connectivity index (χ3n) is 2.57. The fourth-order valence-corrected chi connectivity index (χ4v) is 1.75. The number of anilines is 1. The first kappa shape index (κ1) is 9.77. The normalized spacial score (nSPS) is 10.6. The van der Waals surface area contributed by atoms with Crippen molar-refractivity contribution >= 4 is 11.5 Å². The molecule has 0 fully saturated rings. The molecule has 0 saturated heterocycles. The predicted octanol–water partition coefficient (Wildman–Crippen LogP) is 1.83. The molecule has 0 radical (unpaired) electrons. The van der Waals surface area contributed by atoms with Crippen molar-refractivity contribution in [1.82, 2.24) is 19.4 Å². The summed E-state index contributed by atoms with van der Waals surface area (Å²) in [4.78, 5) is 12.9. The summed E-state index contributed by atoms with van der Waals surface area (Å²) in [7, 11) is 1.84. The van der Waals surface area contributed by atoms with Crippen LogP contribution < -0.4 is 5.32 Å². The molecular weight excluding hydrogens is 214 g/mol. The van der Waals surface area contributed by atoms with Gasteiger partial charge in [0, 0.05) is 43.6 Å². The van der Waals surface area contributed by atoms with Gasteiger partial charge >= 0.3 is 0 Å². The summed E-state index contributed by atoms with van der Waals surface area (Å²) in [5.41, 5.74) is 2.67. The first-order valence-electron chi connectivity index (χ1n) is 5.30. The summed E-state index contributed by atoms with van der Waals surface area (Å²) < 4.78 is 1.95. The number of pyridine rings is 1. The Labute approximate surface area is 98.2 Å². The highest BCUT2D eigenvalue weighted by Gasteiger charge is 2.07. The Balaban J connectivity index is 2.24. The van der Waals surface area contributed by atoms with Crippen LogP contribution in [0.15, 0.2) is 43.1 Å². The van der Waals surface area contributed by atoms with Crippen LogP contribution in [0.4, 0.5) is 5.82 Å². The largest absolute Gasteiger partial charge is 0.370 e. The van der Waals surface area contributed by atoms with Gasteiger partial charge < -0.3 is 9.72 Å². The molecule has 0 unspecified atom stereocenters. The maximum Gasteiger partial charge on any atom is 0.180 e. The lowest BCUT2D eigenvalue weighted by molar-refractivity contribution is 1.12. The lowest BCUT2D eigenvalue weighted by Crippen LogP contribution is -1.99. The van der Waals surface area contributed by atoms with Crippen LogP contribution in [-0.2, 0) is 0 Å². The van der Waals surface area contributed by atoms with Crippen LogP contribution in [0.25, 0.3) is 16.9 Å². The first-order valence-corrected chi connectivity index (χ1v) is 5.30. The molecule has 5 heteroatoms. The molecule has 84 valence electrons. The van der Waals surface area contributed by atoms with E-state index in [1.54, 1.807) is 18.6 Å². The van der Waals surface area contributed by atoms with Crippen LogP contribution in [0, 0.1) is 0 Å². The molecule has 17 heavy (non-hydrogen) atoms. The van der Waals surface area contributed by atoms with Crippen molar-refractivity contribution in [2.24, 2.45) is 0 Å². The van der Waals surface area contributed by atoms with Crippen LogP contribution in [0.5, 0.6) is 0 Å². The van der Waals surface area contributed by atoms with Gasteiger partial charge in [0.25, 0.3) is 0 Å². The van der Waals surface area contributed by atoms with Gasteiger partial charge in [-0.1, -0.05) is 0 Å². The Morgan fingerprint density at radius 1 is 1.29 bits per heavy atom. The van der Waals surface area contributed by atoms with Gasteiger partial charge in [0.15, 0.2) is 11.5 Å². The minimum atomic E-state index is 0.761. The Morgan fingerprint density at radius 3 is 3.00 bits per heavy atom. The zero-order chi connectivity index (χ0) is 11.7. The van der Waals surface area contributed by atoms with Crippen molar-refractivity contribution in [1.29, 1.82) is 0 Å². The first-order chi connectivity index (χ1) is 8.38. The van der Waals surface area contributed by atoms with E-state index >= 15 is 0 Å². The van der Waals surface area contributed by atoms with Crippen molar-refractivity contribution in [3.63, 3.8) is 0 Å². The smallest absolute Gasteiger partial charge is 0.180 e. The average molecular weight is 225 g/mol. The topological polar surface area (TPSA) is 55.1 Å². The lowest BCUT2D eigenvalue weighted by atomic mass is 10.2. The second kappa shape index (κ2) is 3.86. The zero-order valence-corrected chi connectivity index (χ0v) is 9.33. The number of rotatable bonds is 2. The average Bonchev–Trinajstić information content (AvgIpc) is 2.86. The van der Waals surface area contributed by atoms with Gasteiger partial charge in [-0.2, -0.15) is 0 Å². The van der Waals surface area contributed by atoms with E-state index in [2.05, 4.69) is 20.3 Å². The van der Waals surface area contributed by atoms with E-state index < -0.39 is 0 Å². The maximum absolute atomic E-state index is 4.53. The highest BCUT2D eigenvalue weighted by atomic mass is 15.1. The molecule has 0 aliphatic carbocycles. The zero-order valence-electron chi connectivity index (χ0n) is 9.33. The number of nitrogens with one attached hydrogen (secondary N) is 1. The van der Waals surface area contributed by atoms with Gasteiger partial charge in [-0.25, -0.2) is 9.97 Å². The van der Waals surface area contributed by atoms with Gasteiger partial charge in [-0.3, -0.25) is 4.98 Å². The van der Waals surface area contributed by atoms with E-state index in [4.69, 9.17) is 0 Å². The second-order valence-electron chi connectivity index (χ2n) is 3.62. The molecule has 3 aromatic heterocycles. The molecule has 0 atom stereocenters. The highest BCUT2D eigenvalue weighted by Crippen LogP contribution is 2.20. The van der Waals surface area contributed by atoms with Crippen molar-refractivity contribution in [2.75, 3.05) is 12.4 Å². The molecule has 0 saturated carbocycles. The minimum Gasteiger partial charge on any atom is -0.370 e. The Kier molecular flexibility index (Phi) is 2.22. The standard InChI is InChI=1S/C12H11N5/c1-13-11-12-15-5-6-17(12)8-10(16-11)9-3-2-4-14-7-9/h2-8H,1H3,(H,13,16). The van der Waals surface area contributed by atoms with Crippen LogP contribution in [0.2, 0.25) is 0 Å². The van der Waals surface area contributed by atoms with Crippen LogP contribution in [0.1, 0.15) is 0 Å². The molecule has 3 aromatic rings. The van der Waals surface area contributed by atoms with E-state index in [0.29, 0.717) is 0 Å². The number of hydrogen-bond donors (Lipinski definition) is 1. The Bertz CT molecular complexity index is 644. The summed E-state index contributed by atoms with van der Waals surface area (Å²) in [6.07, 6.45) is 9.14. The number of fused-ring (bicyclic) bond motifs is 1. The summed E-state index contributed by atoms with van der Waals surface area (Å²) in [6.45, 7) is 0. The Morgan fingerprint density at radius 2 is 2.24 bits per heavy atom. The van der Waals surface area contributed by atoms with Gasteiger partial charge in [-0.05, 0) is 12.1 Å². The summed E-state index contributed by atoms with van der Waals surface area (Å²) in [5, 5.41) is 3.05. The number of hydrogen-bond acceptors (Lipinski definition) is 4. The number of nitrogens with zero attached hydrogens (tertiary/aromatic N) is 4. The molecule has 3 rings (SSSR count). The molecule has 1 N–H and O–H groups in total. The molecule has 0 bridgehead atoms. The van der Waals surface area contributed by atoms with E-state index in [-0.39, 0.29) is 0 Å². The van der Waals surface area contributed by atoms with E-state index in [1.807, 2.05) is 36.0 Å². The second-order valence-corrected chi connectivity index (χ2v) is 3.62. The molecule has 0 aliphatic heterocycles. The summed E-state index contributed by atoms with van der Waals surface area (Å²) in [5.74, 6) is 0.761. The van der Waals surface area contributed by atoms with Crippen molar-refractivity contribution in [3.8, 4) is 11.3 Å². The molecule has 0 amide bonds. The number of aromatic nitrogens is 4. The van der Waals surface area contributed by atoms with Crippen molar-refractivity contribution < 1.29 is 0 Å². The predicted molar refractivity (Wildman–Crippen MR) is 65.8 cm³/mol. The fourth-order valence-electron chi connectivity index (χ4n) is 1.75. The number of imidazole rings is 1. The highest BCUT2D eigenvalue weighted by molar-refractivity contribution is 5.68. The van der Waals surface area contributed by atoms with Gasteiger partial charge in [0.05, 0.1) is 5.69 Å². The van der Waals surface area contributed by atoms with Crippen LogP contribution in [0.3, 0.4) is 0 Å². The van der Waals surface area contributed by atoms with E-state index in [1.165, 1.54) is 0 Å². The maximum atomic E-state index is 4.53. The summed E-state index contributed by atoms with van der Waals surface area (Å²) in [6, 6.07) is 3.88. The third kappa shape index (κ3) is 1.61. The molecular formula is C12H11N5. The van der Waals surface area contributed by atoms with Gasteiger partial charge in [0.1, 0.15) is 0 Å². The molecule has 0 aromatic carbocycles. The molecule has 0 spiro atoms. The molecule has 5 nitrogen and oxygen atoms in total. The SMILES string of the molecule is CNc1nc(-c2cccnc2)cn2ccnc12. The third-order valence-corrected chi connectivity index (χ3v) is 2.57. The summed E-state index contributed by atoms with van der Waals surface area (Å²) >= 11 is 0. The molecule has 3 heterocycles. The monoisotopic (exact) mass is 225 g/mol. The fraction of sp³-hybridized carbons (Fsp3) is 0.0833.